The zero-order valence-electron chi connectivity index (χ0n) is 10.7. The molecule has 106 valence electrons. The van der Waals surface area contributed by atoms with Crippen molar-refractivity contribution >= 4 is 23.6 Å². The summed E-state index contributed by atoms with van der Waals surface area (Å²) in [7, 11) is 0. The topological polar surface area (TPSA) is 66.4 Å². The minimum atomic E-state index is -2.76. The molecule has 0 rings (SSSR count). The van der Waals surface area contributed by atoms with Gasteiger partial charge in [0.2, 0.25) is 12.3 Å². The largest absolute Gasteiger partial charge is 0.480 e. The number of carbonyl (C=O) groups excluding carboxylic acids is 1. The highest BCUT2D eigenvalue weighted by Gasteiger charge is 2.29. The maximum Gasteiger partial charge on any atom is 0.326 e. The van der Waals surface area contributed by atoms with Crippen molar-refractivity contribution in [2.75, 3.05) is 5.75 Å². The van der Waals surface area contributed by atoms with E-state index in [4.69, 9.17) is 5.11 Å². The molecule has 0 aliphatic heterocycles. The van der Waals surface area contributed by atoms with Crippen molar-refractivity contribution in [3.63, 3.8) is 0 Å². The molecule has 4 nitrogen and oxygen atoms in total. The number of rotatable bonds is 8. The van der Waals surface area contributed by atoms with Crippen molar-refractivity contribution < 1.29 is 23.5 Å². The van der Waals surface area contributed by atoms with Gasteiger partial charge in [-0.25, -0.2) is 13.6 Å². The van der Waals surface area contributed by atoms with Crippen LogP contribution in [0.25, 0.3) is 0 Å². The number of carboxylic acids is 1. The van der Waals surface area contributed by atoms with Crippen LogP contribution in [0, 0.1) is 5.92 Å². The first-order valence-electron chi connectivity index (χ1n) is 5.72. The molecule has 7 heteroatoms. The zero-order chi connectivity index (χ0) is 14.3. The van der Waals surface area contributed by atoms with Gasteiger partial charge >= 0.3 is 5.97 Å². The van der Waals surface area contributed by atoms with Crippen LogP contribution in [-0.2, 0) is 9.59 Å². The molecule has 0 saturated carbocycles. The van der Waals surface area contributed by atoms with Gasteiger partial charge in [0.1, 0.15) is 6.04 Å². The normalized spacial score (nSPS) is 14.6. The first kappa shape index (κ1) is 17.2. The Hall–Kier alpha value is -0.850. The third-order valence-corrected chi connectivity index (χ3v) is 3.69. The molecule has 1 amide bonds. The first-order valence-corrected chi connectivity index (χ1v) is 6.77. The van der Waals surface area contributed by atoms with Crippen LogP contribution in [0.5, 0.6) is 0 Å². The lowest BCUT2D eigenvalue weighted by atomic mass is 10.1. The summed E-state index contributed by atoms with van der Waals surface area (Å²) in [5, 5.41) is 10.5. The number of thioether (sulfide) groups is 1. The summed E-state index contributed by atoms with van der Waals surface area (Å²) < 4.78 is 24.4. The van der Waals surface area contributed by atoms with E-state index in [-0.39, 0.29) is 5.92 Å². The second-order valence-corrected chi connectivity index (χ2v) is 5.56. The molecule has 0 aliphatic carbocycles. The van der Waals surface area contributed by atoms with Crippen molar-refractivity contribution in [1.29, 1.82) is 0 Å². The van der Waals surface area contributed by atoms with Gasteiger partial charge < -0.3 is 10.4 Å². The molecule has 0 aromatic carbocycles. The van der Waals surface area contributed by atoms with Gasteiger partial charge in [0, 0.05) is 6.42 Å². The van der Waals surface area contributed by atoms with Crippen LogP contribution in [0.3, 0.4) is 0 Å². The van der Waals surface area contributed by atoms with Crippen molar-refractivity contribution in [3.05, 3.63) is 0 Å². The van der Waals surface area contributed by atoms with E-state index >= 15 is 0 Å². The van der Waals surface area contributed by atoms with Crippen molar-refractivity contribution in [2.45, 2.75) is 44.9 Å². The molecule has 18 heavy (non-hydrogen) atoms. The van der Waals surface area contributed by atoms with Gasteiger partial charge in [0.15, 0.2) is 0 Å². The number of carbonyl (C=O) groups is 2. The summed E-state index contributed by atoms with van der Waals surface area (Å²) in [5.41, 5.74) is 0. The molecule has 2 N–H and O–H groups in total. The molecule has 0 bridgehead atoms. The summed E-state index contributed by atoms with van der Waals surface area (Å²) in [6.07, 6.45) is -3.63. The molecule has 0 fully saturated rings. The number of hydrogen-bond acceptors (Lipinski definition) is 3. The van der Waals surface area contributed by atoms with E-state index in [1.165, 1.54) is 11.8 Å². The van der Waals surface area contributed by atoms with E-state index in [9.17, 15) is 18.4 Å². The third kappa shape index (κ3) is 6.18. The van der Waals surface area contributed by atoms with E-state index in [0.717, 1.165) is 0 Å². The lowest BCUT2D eigenvalue weighted by Gasteiger charge is -2.22. The molecular weight excluding hydrogens is 264 g/mol. The maximum atomic E-state index is 12.2. The molecule has 0 aromatic heterocycles. The Bertz CT molecular complexity index is 287. The van der Waals surface area contributed by atoms with E-state index in [2.05, 4.69) is 5.32 Å². The minimum absolute atomic E-state index is 0.0101. The zero-order valence-corrected chi connectivity index (χ0v) is 11.5. The van der Waals surface area contributed by atoms with E-state index in [1.54, 1.807) is 0 Å². The molecule has 0 heterocycles. The predicted molar refractivity (Wildman–Crippen MR) is 66.9 cm³/mol. The molecule has 0 radical (unpaired) electrons. The van der Waals surface area contributed by atoms with Gasteiger partial charge in [-0.15, -0.1) is 11.8 Å². The molecule has 0 spiro atoms. The fourth-order valence-corrected chi connectivity index (χ4v) is 2.37. The van der Waals surface area contributed by atoms with Gasteiger partial charge in [-0.3, -0.25) is 4.79 Å². The second-order valence-electron chi connectivity index (χ2n) is 4.15. The highest BCUT2D eigenvalue weighted by atomic mass is 32.2. The SMILES string of the molecule is CCSC(C(=O)NC(CC(F)F)C(=O)O)C(C)C. The standard InChI is InChI=1S/C11H19F2NO3S/c1-4-18-9(6(2)3)10(15)14-7(11(16)17)5-8(12)13/h6-9H,4-5H2,1-3H3,(H,14,15)(H,16,17). The number of alkyl halides is 2. The fourth-order valence-electron chi connectivity index (χ4n) is 1.40. The molecule has 0 aromatic rings. The maximum absolute atomic E-state index is 12.2. The summed E-state index contributed by atoms with van der Waals surface area (Å²) >= 11 is 1.37. The molecule has 2 unspecified atom stereocenters. The van der Waals surface area contributed by atoms with Crippen LogP contribution >= 0.6 is 11.8 Å². The molecule has 0 saturated heterocycles. The Morgan fingerprint density at radius 2 is 1.89 bits per heavy atom. The Labute approximate surface area is 110 Å². The average molecular weight is 283 g/mol. The summed E-state index contributed by atoms with van der Waals surface area (Å²) in [4.78, 5) is 22.6. The quantitative estimate of drug-likeness (QED) is 0.715. The van der Waals surface area contributed by atoms with Crippen molar-refractivity contribution in [3.8, 4) is 0 Å². The molecular formula is C11H19F2NO3S. The number of carboxylic acid groups (broad SMARTS) is 1. The third-order valence-electron chi connectivity index (χ3n) is 2.24. The fraction of sp³-hybridized carbons (Fsp3) is 0.818. The first-order chi connectivity index (χ1) is 8.29. The van der Waals surface area contributed by atoms with Crippen LogP contribution < -0.4 is 5.32 Å². The Kier molecular flexibility index (Phi) is 7.90. The van der Waals surface area contributed by atoms with E-state index < -0.39 is 36.0 Å². The summed E-state index contributed by atoms with van der Waals surface area (Å²) in [5.74, 6) is -1.23. The van der Waals surface area contributed by atoms with Gasteiger partial charge in [-0.05, 0) is 11.7 Å². The van der Waals surface area contributed by atoms with Crippen LogP contribution in [0.15, 0.2) is 0 Å². The highest BCUT2D eigenvalue weighted by Crippen LogP contribution is 2.19. The van der Waals surface area contributed by atoms with E-state index in [1.807, 2.05) is 20.8 Å². The van der Waals surface area contributed by atoms with Crippen LogP contribution in [0.2, 0.25) is 0 Å². The number of amides is 1. The van der Waals surface area contributed by atoms with Crippen LogP contribution in [0.1, 0.15) is 27.2 Å². The number of halogens is 2. The molecule has 2 atom stereocenters. The Balaban J connectivity index is 4.60. The lowest BCUT2D eigenvalue weighted by molar-refractivity contribution is -0.143. The Morgan fingerprint density at radius 3 is 2.22 bits per heavy atom. The van der Waals surface area contributed by atoms with Gasteiger partial charge in [-0.2, -0.15) is 0 Å². The van der Waals surface area contributed by atoms with Gasteiger partial charge in [0.05, 0.1) is 5.25 Å². The summed E-state index contributed by atoms with van der Waals surface area (Å²) in [6.45, 7) is 5.53. The van der Waals surface area contributed by atoms with Crippen molar-refractivity contribution in [1.82, 2.24) is 5.32 Å². The van der Waals surface area contributed by atoms with Gasteiger partial charge in [0.25, 0.3) is 0 Å². The number of hydrogen-bond donors (Lipinski definition) is 2. The highest BCUT2D eigenvalue weighted by molar-refractivity contribution is 8.00. The van der Waals surface area contributed by atoms with Crippen LogP contribution in [-0.4, -0.2) is 40.5 Å². The number of nitrogens with one attached hydrogen (secondary N) is 1. The Morgan fingerprint density at radius 1 is 1.33 bits per heavy atom. The molecule has 0 aliphatic rings. The second kappa shape index (κ2) is 8.29. The van der Waals surface area contributed by atoms with Crippen molar-refractivity contribution in [2.24, 2.45) is 5.92 Å². The smallest absolute Gasteiger partial charge is 0.326 e. The number of aliphatic carboxylic acids is 1. The minimum Gasteiger partial charge on any atom is -0.480 e. The lowest BCUT2D eigenvalue weighted by Crippen LogP contribution is -2.46. The van der Waals surface area contributed by atoms with Crippen LogP contribution in [0.4, 0.5) is 8.78 Å². The van der Waals surface area contributed by atoms with Gasteiger partial charge in [-0.1, -0.05) is 20.8 Å². The average Bonchev–Trinajstić information content (AvgIpc) is 2.23. The van der Waals surface area contributed by atoms with E-state index in [0.29, 0.717) is 5.75 Å². The monoisotopic (exact) mass is 283 g/mol. The predicted octanol–water partition coefficient (Wildman–Crippen LogP) is 1.99. The summed E-state index contributed by atoms with van der Waals surface area (Å²) in [6, 6.07) is -1.53.